The fourth-order valence-corrected chi connectivity index (χ4v) is 3.10. The lowest BCUT2D eigenvalue weighted by Gasteiger charge is -2.15. The van der Waals surface area contributed by atoms with Crippen molar-refractivity contribution >= 4 is 15.9 Å². The van der Waals surface area contributed by atoms with Gasteiger partial charge < -0.3 is 4.74 Å². The Morgan fingerprint density at radius 3 is 2.40 bits per heavy atom. The van der Waals surface area contributed by atoms with Crippen LogP contribution in [-0.4, -0.2) is 7.11 Å². The number of hydrogen-bond acceptors (Lipinski definition) is 1. The summed E-state index contributed by atoms with van der Waals surface area (Å²) in [4.78, 5) is 0. The molecule has 0 heterocycles. The first-order chi connectivity index (χ1) is 9.65. The Morgan fingerprint density at radius 2 is 1.80 bits per heavy atom. The third-order valence-corrected chi connectivity index (χ3v) is 4.77. The molecule has 0 radical (unpaired) electrons. The van der Waals surface area contributed by atoms with Crippen LogP contribution in [-0.2, 0) is 6.42 Å². The summed E-state index contributed by atoms with van der Waals surface area (Å²) in [5.41, 5.74) is 4.04. The van der Waals surface area contributed by atoms with Gasteiger partial charge in [0.05, 0.1) is 7.11 Å². The molecule has 1 nitrogen and oxygen atoms in total. The van der Waals surface area contributed by atoms with Crippen LogP contribution in [0.3, 0.4) is 0 Å². The van der Waals surface area contributed by atoms with Crippen molar-refractivity contribution < 1.29 is 4.74 Å². The Morgan fingerprint density at radius 1 is 1.10 bits per heavy atom. The van der Waals surface area contributed by atoms with E-state index in [2.05, 4.69) is 60.1 Å². The number of rotatable bonds is 5. The summed E-state index contributed by atoms with van der Waals surface area (Å²) in [6.07, 6.45) is 2.10. The molecule has 0 N–H and O–H groups in total. The van der Waals surface area contributed by atoms with Crippen molar-refractivity contribution in [3.05, 3.63) is 63.6 Å². The molecule has 0 spiro atoms. The smallest absolute Gasteiger partial charge is 0.118 e. The number of hydrogen-bond donors (Lipinski definition) is 0. The normalized spacial score (nSPS) is 12.2. The van der Waals surface area contributed by atoms with Crippen LogP contribution in [0.2, 0.25) is 0 Å². The van der Waals surface area contributed by atoms with Gasteiger partial charge in [0, 0.05) is 4.47 Å². The molecule has 0 aromatic heterocycles. The number of benzene rings is 2. The molecule has 106 valence electrons. The highest BCUT2D eigenvalue weighted by atomic mass is 79.9. The minimum Gasteiger partial charge on any atom is -0.497 e. The molecule has 0 aliphatic heterocycles. The summed E-state index contributed by atoms with van der Waals surface area (Å²) >= 11 is 3.78. The van der Waals surface area contributed by atoms with Gasteiger partial charge in [-0.3, -0.25) is 0 Å². The van der Waals surface area contributed by atoms with Gasteiger partial charge in [0.2, 0.25) is 0 Å². The fraction of sp³-hybridized carbons (Fsp3) is 0.333. The maximum Gasteiger partial charge on any atom is 0.118 e. The second-order valence-corrected chi connectivity index (χ2v) is 5.95. The fourth-order valence-electron chi connectivity index (χ4n) is 2.30. The van der Waals surface area contributed by atoms with E-state index in [4.69, 9.17) is 4.74 Å². The van der Waals surface area contributed by atoms with Crippen LogP contribution in [0.25, 0.3) is 0 Å². The zero-order chi connectivity index (χ0) is 14.5. The zero-order valence-electron chi connectivity index (χ0n) is 12.3. The standard InChI is InChI=1S/C18H21BrO/c1-4-13(2)17-7-5-6-15(18(17)19)12-14-8-10-16(20-3)11-9-14/h5-11,13H,4,12H2,1-3H3. The lowest BCUT2D eigenvalue weighted by atomic mass is 9.95. The van der Waals surface area contributed by atoms with Gasteiger partial charge >= 0.3 is 0 Å². The average molecular weight is 333 g/mol. The van der Waals surface area contributed by atoms with Crippen LogP contribution in [0.4, 0.5) is 0 Å². The predicted octanol–water partition coefficient (Wildman–Crippen LogP) is 5.56. The van der Waals surface area contributed by atoms with E-state index in [1.165, 1.54) is 21.2 Å². The molecule has 2 aromatic carbocycles. The molecule has 0 saturated heterocycles. The minimum atomic E-state index is 0.584. The molecule has 2 aromatic rings. The number of ether oxygens (including phenoxy) is 1. The summed E-state index contributed by atoms with van der Waals surface area (Å²) in [7, 11) is 1.70. The quantitative estimate of drug-likeness (QED) is 0.696. The van der Waals surface area contributed by atoms with Gasteiger partial charge in [-0.2, -0.15) is 0 Å². The van der Waals surface area contributed by atoms with E-state index in [1.807, 2.05) is 12.1 Å². The first-order valence-corrected chi connectivity index (χ1v) is 7.85. The molecule has 0 fully saturated rings. The molecule has 0 saturated carbocycles. The Kier molecular flexibility index (Phi) is 5.24. The zero-order valence-corrected chi connectivity index (χ0v) is 13.9. The average Bonchev–Trinajstić information content (AvgIpc) is 2.49. The van der Waals surface area contributed by atoms with E-state index in [0.717, 1.165) is 18.6 Å². The van der Waals surface area contributed by atoms with Crippen molar-refractivity contribution in [2.24, 2.45) is 0 Å². The van der Waals surface area contributed by atoms with E-state index in [-0.39, 0.29) is 0 Å². The van der Waals surface area contributed by atoms with Gasteiger partial charge in [0.1, 0.15) is 5.75 Å². The lowest BCUT2D eigenvalue weighted by molar-refractivity contribution is 0.414. The Hall–Kier alpha value is -1.28. The number of methoxy groups -OCH3 is 1. The summed E-state index contributed by atoms with van der Waals surface area (Å²) in [6, 6.07) is 14.9. The SMILES string of the molecule is CCC(C)c1cccc(Cc2ccc(OC)cc2)c1Br. The van der Waals surface area contributed by atoms with Crippen LogP contribution in [0.15, 0.2) is 46.9 Å². The highest BCUT2D eigenvalue weighted by molar-refractivity contribution is 9.10. The molecule has 0 aliphatic rings. The Labute approximate surface area is 130 Å². The van der Waals surface area contributed by atoms with Crippen LogP contribution in [0.1, 0.15) is 42.9 Å². The summed E-state index contributed by atoms with van der Waals surface area (Å²) in [5, 5.41) is 0. The maximum absolute atomic E-state index is 5.20. The molecule has 1 unspecified atom stereocenters. The molecule has 20 heavy (non-hydrogen) atoms. The third-order valence-electron chi connectivity index (χ3n) is 3.81. The minimum absolute atomic E-state index is 0.584. The molecular weight excluding hydrogens is 312 g/mol. The van der Waals surface area contributed by atoms with Gasteiger partial charge in [-0.1, -0.05) is 60.1 Å². The van der Waals surface area contributed by atoms with E-state index in [1.54, 1.807) is 7.11 Å². The molecule has 0 bridgehead atoms. The highest BCUT2D eigenvalue weighted by Crippen LogP contribution is 2.31. The second-order valence-electron chi connectivity index (χ2n) is 5.15. The van der Waals surface area contributed by atoms with Crippen molar-refractivity contribution in [2.75, 3.05) is 7.11 Å². The largest absolute Gasteiger partial charge is 0.497 e. The number of halogens is 1. The van der Waals surface area contributed by atoms with Crippen LogP contribution in [0.5, 0.6) is 5.75 Å². The van der Waals surface area contributed by atoms with Gasteiger partial charge in [-0.25, -0.2) is 0 Å². The second kappa shape index (κ2) is 6.94. The van der Waals surface area contributed by atoms with Crippen molar-refractivity contribution in [3.63, 3.8) is 0 Å². The maximum atomic E-state index is 5.20. The van der Waals surface area contributed by atoms with Crippen molar-refractivity contribution in [1.82, 2.24) is 0 Å². The third kappa shape index (κ3) is 3.43. The topological polar surface area (TPSA) is 9.23 Å². The Balaban J connectivity index is 2.24. The van der Waals surface area contributed by atoms with Gasteiger partial charge in [0.15, 0.2) is 0 Å². The first kappa shape index (κ1) is 15.1. The molecule has 1 atom stereocenters. The van der Waals surface area contributed by atoms with Crippen molar-refractivity contribution in [3.8, 4) is 5.75 Å². The molecule has 0 aliphatic carbocycles. The van der Waals surface area contributed by atoms with Crippen LogP contribution >= 0.6 is 15.9 Å². The molecule has 2 heteroatoms. The molecular formula is C18H21BrO. The van der Waals surface area contributed by atoms with Gasteiger partial charge in [-0.05, 0) is 47.6 Å². The van der Waals surface area contributed by atoms with Crippen LogP contribution < -0.4 is 4.74 Å². The molecule has 2 rings (SSSR count). The van der Waals surface area contributed by atoms with Gasteiger partial charge in [0.25, 0.3) is 0 Å². The summed E-state index contributed by atoms with van der Waals surface area (Å²) in [6.45, 7) is 4.50. The highest BCUT2D eigenvalue weighted by Gasteiger charge is 2.11. The van der Waals surface area contributed by atoms with E-state index < -0.39 is 0 Å². The van der Waals surface area contributed by atoms with E-state index in [9.17, 15) is 0 Å². The summed E-state index contributed by atoms with van der Waals surface area (Å²) in [5.74, 6) is 1.49. The van der Waals surface area contributed by atoms with Crippen molar-refractivity contribution in [1.29, 1.82) is 0 Å². The van der Waals surface area contributed by atoms with Crippen molar-refractivity contribution in [2.45, 2.75) is 32.6 Å². The Bertz CT molecular complexity index is 560. The van der Waals surface area contributed by atoms with Crippen LogP contribution in [0, 0.1) is 0 Å². The van der Waals surface area contributed by atoms with Gasteiger partial charge in [-0.15, -0.1) is 0 Å². The predicted molar refractivity (Wildman–Crippen MR) is 88.6 cm³/mol. The first-order valence-electron chi connectivity index (χ1n) is 7.06. The van der Waals surface area contributed by atoms with E-state index in [0.29, 0.717) is 5.92 Å². The monoisotopic (exact) mass is 332 g/mol. The molecule has 0 amide bonds. The summed E-state index contributed by atoms with van der Waals surface area (Å²) < 4.78 is 6.45. The lowest BCUT2D eigenvalue weighted by Crippen LogP contribution is -1.97. The van der Waals surface area contributed by atoms with E-state index >= 15 is 0 Å².